The highest BCUT2D eigenvalue weighted by atomic mass is 32.1. The molecule has 38 heavy (non-hydrogen) atoms. The number of benzene rings is 2. The van der Waals surface area contributed by atoms with Crippen molar-refractivity contribution in [2.75, 3.05) is 18.1 Å². The van der Waals surface area contributed by atoms with Gasteiger partial charge in [0.1, 0.15) is 17.3 Å². The van der Waals surface area contributed by atoms with Gasteiger partial charge in [-0.3, -0.25) is 14.5 Å². The number of aromatic nitrogens is 1. The second-order valence-corrected chi connectivity index (χ2v) is 9.92. The minimum Gasteiger partial charge on any atom is -0.503 e. The SMILES string of the molecule is CCCCOc1cccc(C2C(C(=O)c3ccc(C)o3)=C(O)C(=O)N2c2nc3ccc(OCC)cc3s2)c1. The van der Waals surface area contributed by atoms with Gasteiger partial charge < -0.3 is 19.0 Å². The number of fused-ring (bicyclic) bond motifs is 1. The third-order valence-corrected chi connectivity index (χ3v) is 7.24. The van der Waals surface area contributed by atoms with Crippen LogP contribution in [0, 0.1) is 6.92 Å². The number of thiazole rings is 1. The molecule has 0 spiro atoms. The predicted octanol–water partition coefficient (Wildman–Crippen LogP) is 6.56. The topological polar surface area (TPSA) is 102 Å². The summed E-state index contributed by atoms with van der Waals surface area (Å²) in [6.07, 6.45) is 1.89. The van der Waals surface area contributed by atoms with E-state index in [1.165, 1.54) is 16.2 Å². The number of hydrogen-bond donors (Lipinski definition) is 1. The first kappa shape index (κ1) is 25.5. The number of Topliss-reactive ketones (excluding diaryl/α,β-unsaturated/α-hetero) is 1. The first-order valence-electron chi connectivity index (χ1n) is 12.5. The van der Waals surface area contributed by atoms with Crippen molar-refractivity contribution in [2.45, 2.75) is 39.7 Å². The Balaban J connectivity index is 1.61. The maximum absolute atomic E-state index is 13.6. The molecule has 0 fully saturated rings. The van der Waals surface area contributed by atoms with E-state index < -0.39 is 23.5 Å². The third kappa shape index (κ3) is 4.77. The largest absolute Gasteiger partial charge is 0.503 e. The summed E-state index contributed by atoms with van der Waals surface area (Å²) in [5.74, 6) is 0.0121. The zero-order chi connectivity index (χ0) is 26.8. The van der Waals surface area contributed by atoms with E-state index in [2.05, 4.69) is 11.9 Å². The van der Waals surface area contributed by atoms with Gasteiger partial charge in [0.2, 0.25) is 5.78 Å². The van der Waals surface area contributed by atoms with Gasteiger partial charge in [-0.25, -0.2) is 4.98 Å². The van der Waals surface area contributed by atoms with E-state index in [0.717, 1.165) is 17.5 Å². The Morgan fingerprint density at radius 1 is 1.11 bits per heavy atom. The zero-order valence-electron chi connectivity index (χ0n) is 21.4. The van der Waals surface area contributed by atoms with E-state index in [4.69, 9.17) is 13.9 Å². The number of ketones is 1. The van der Waals surface area contributed by atoms with E-state index in [9.17, 15) is 14.7 Å². The molecule has 1 amide bonds. The molecule has 0 bridgehead atoms. The van der Waals surface area contributed by atoms with Crippen LogP contribution in [0.15, 0.2) is 70.3 Å². The Labute approximate surface area is 224 Å². The van der Waals surface area contributed by atoms with Crippen LogP contribution in [-0.2, 0) is 4.79 Å². The quantitative estimate of drug-likeness (QED) is 0.182. The molecule has 1 unspecified atom stereocenters. The number of anilines is 1. The van der Waals surface area contributed by atoms with Crippen LogP contribution in [-0.4, -0.2) is 35.0 Å². The average molecular weight is 533 g/mol. The first-order chi connectivity index (χ1) is 18.4. The summed E-state index contributed by atoms with van der Waals surface area (Å²) in [5.41, 5.74) is 1.22. The maximum atomic E-state index is 13.6. The summed E-state index contributed by atoms with van der Waals surface area (Å²) in [6.45, 7) is 6.79. The van der Waals surface area contributed by atoms with Crippen LogP contribution in [0.5, 0.6) is 11.5 Å². The number of aliphatic hydroxyl groups is 1. The molecule has 2 aromatic carbocycles. The Kier molecular flexibility index (Phi) is 7.20. The lowest BCUT2D eigenvalue weighted by molar-refractivity contribution is -0.117. The molecule has 196 valence electrons. The van der Waals surface area contributed by atoms with Crippen molar-refractivity contribution < 1.29 is 28.6 Å². The second kappa shape index (κ2) is 10.7. The lowest BCUT2D eigenvalue weighted by Crippen LogP contribution is -2.31. The number of furan rings is 1. The third-order valence-electron chi connectivity index (χ3n) is 6.22. The van der Waals surface area contributed by atoms with Crippen molar-refractivity contribution in [3.8, 4) is 11.5 Å². The molecule has 2 aromatic heterocycles. The number of hydrogen-bond acceptors (Lipinski definition) is 8. The Hall–Kier alpha value is -4.11. The minimum absolute atomic E-state index is 0.0460. The standard InChI is InChI=1S/C29H28N2O6S/c1-4-6-14-36-19-9-7-8-18(15-19)25-24(26(32)22-13-10-17(3)37-22)27(33)28(34)31(25)29-30-21-12-11-20(35-5-2)16-23(21)38-29/h7-13,15-16,25,33H,4-6,14H2,1-3H3. The van der Waals surface area contributed by atoms with Gasteiger partial charge in [-0.1, -0.05) is 36.8 Å². The van der Waals surface area contributed by atoms with Crippen LogP contribution in [0.4, 0.5) is 5.13 Å². The highest BCUT2D eigenvalue weighted by Crippen LogP contribution is 2.45. The highest BCUT2D eigenvalue weighted by molar-refractivity contribution is 7.22. The van der Waals surface area contributed by atoms with Crippen molar-refractivity contribution >= 4 is 38.4 Å². The Morgan fingerprint density at radius 3 is 2.66 bits per heavy atom. The molecule has 1 N–H and O–H groups in total. The normalized spacial score (nSPS) is 15.5. The number of amides is 1. The summed E-state index contributed by atoms with van der Waals surface area (Å²) in [7, 11) is 0. The van der Waals surface area contributed by atoms with Gasteiger partial charge in [0.15, 0.2) is 16.7 Å². The van der Waals surface area contributed by atoms with E-state index in [1.54, 1.807) is 37.3 Å². The molecule has 0 radical (unpaired) electrons. The molecule has 1 aliphatic rings. The smallest absolute Gasteiger partial charge is 0.296 e. The van der Waals surface area contributed by atoms with Gasteiger partial charge in [-0.2, -0.15) is 0 Å². The molecule has 0 aliphatic carbocycles. The predicted molar refractivity (Wildman–Crippen MR) is 145 cm³/mol. The molecule has 1 aliphatic heterocycles. The lowest BCUT2D eigenvalue weighted by Gasteiger charge is -2.24. The van der Waals surface area contributed by atoms with Crippen molar-refractivity contribution in [3.05, 3.63) is 83.0 Å². The molecule has 9 heteroatoms. The minimum atomic E-state index is -0.929. The molecule has 0 saturated heterocycles. The Morgan fingerprint density at radius 2 is 1.92 bits per heavy atom. The van der Waals surface area contributed by atoms with Crippen LogP contribution in [0.25, 0.3) is 10.2 Å². The average Bonchev–Trinajstić information content (AvgIpc) is 3.60. The molecule has 0 saturated carbocycles. The number of carbonyl (C=O) groups excluding carboxylic acids is 2. The number of nitrogens with zero attached hydrogens (tertiary/aromatic N) is 2. The van der Waals surface area contributed by atoms with Gasteiger partial charge in [0.05, 0.1) is 35.0 Å². The number of carbonyl (C=O) groups is 2. The van der Waals surface area contributed by atoms with Crippen LogP contribution in [0.1, 0.15) is 54.6 Å². The molecule has 1 atom stereocenters. The number of ether oxygens (including phenoxy) is 2. The van der Waals surface area contributed by atoms with Crippen molar-refractivity contribution in [2.24, 2.45) is 0 Å². The zero-order valence-corrected chi connectivity index (χ0v) is 22.2. The molecule has 5 rings (SSSR count). The number of aliphatic hydroxyl groups excluding tert-OH is 1. The van der Waals surface area contributed by atoms with Gasteiger partial charge in [-0.05, 0) is 68.3 Å². The van der Waals surface area contributed by atoms with Gasteiger partial charge in [0, 0.05) is 0 Å². The van der Waals surface area contributed by atoms with Crippen LogP contribution in [0.3, 0.4) is 0 Å². The summed E-state index contributed by atoms with van der Waals surface area (Å²) in [5, 5.41) is 11.4. The second-order valence-electron chi connectivity index (χ2n) is 8.91. The summed E-state index contributed by atoms with van der Waals surface area (Å²) in [4.78, 5) is 33.2. The molecule has 3 heterocycles. The number of unbranched alkanes of at least 4 members (excludes halogenated alkanes) is 1. The van der Waals surface area contributed by atoms with Gasteiger partial charge in [0.25, 0.3) is 5.91 Å². The molecular formula is C29H28N2O6S. The summed E-state index contributed by atoms with van der Waals surface area (Å²) < 4.78 is 17.9. The van der Waals surface area contributed by atoms with Crippen molar-refractivity contribution in [1.82, 2.24) is 4.98 Å². The number of rotatable bonds is 10. The Bertz CT molecular complexity index is 1530. The molecular weight excluding hydrogens is 504 g/mol. The molecule has 8 nitrogen and oxygen atoms in total. The number of aryl methyl sites for hydroxylation is 1. The van der Waals surface area contributed by atoms with Crippen LogP contribution in [0.2, 0.25) is 0 Å². The van der Waals surface area contributed by atoms with Gasteiger partial charge in [-0.15, -0.1) is 0 Å². The monoisotopic (exact) mass is 532 g/mol. The van der Waals surface area contributed by atoms with E-state index in [1.807, 2.05) is 31.2 Å². The van der Waals surface area contributed by atoms with E-state index in [-0.39, 0.29) is 11.3 Å². The first-order valence-corrected chi connectivity index (χ1v) is 13.4. The fourth-order valence-corrected chi connectivity index (χ4v) is 5.42. The van der Waals surface area contributed by atoms with E-state index >= 15 is 0 Å². The van der Waals surface area contributed by atoms with Crippen LogP contribution >= 0.6 is 11.3 Å². The van der Waals surface area contributed by atoms with Crippen molar-refractivity contribution in [3.63, 3.8) is 0 Å². The van der Waals surface area contributed by atoms with E-state index in [0.29, 0.717) is 46.7 Å². The summed E-state index contributed by atoms with van der Waals surface area (Å²) in [6, 6.07) is 15.0. The fraction of sp³-hybridized carbons (Fsp3) is 0.276. The van der Waals surface area contributed by atoms with Crippen molar-refractivity contribution in [1.29, 1.82) is 0 Å². The lowest BCUT2D eigenvalue weighted by atomic mass is 9.95. The fourth-order valence-electron chi connectivity index (χ4n) is 4.40. The van der Waals surface area contributed by atoms with Gasteiger partial charge >= 0.3 is 0 Å². The molecule has 4 aromatic rings. The maximum Gasteiger partial charge on any atom is 0.296 e. The highest BCUT2D eigenvalue weighted by Gasteiger charge is 2.46. The van der Waals surface area contributed by atoms with Crippen LogP contribution < -0.4 is 14.4 Å². The summed E-state index contributed by atoms with van der Waals surface area (Å²) >= 11 is 1.28.